The van der Waals surface area contributed by atoms with Gasteiger partial charge >= 0.3 is 0 Å². The van der Waals surface area contributed by atoms with Gasteiger partial charge in [0.15, 0.2) is 5.16 Å². The number of carbonyl (C=O) groups is 2. The third kappa shape index (κ3) is 8.20. The van der Waals surface area contributed by atoms with Crippen LogP contribution in [0.1, 0.15) is 36.2 Å². The molecule has 10 heteroatoms. The van der Waals surface area contributed by atoms with Crippen LogP contribution in [0.3, 0.4) is 0 Å². The molecule has 0 bridgehead atoms. The molecule has 2 heterocycles. The number of ether oxygens (including phenoxy) is 1. The van der Waals surface area contributed by atoms with Gasteiger partial charge in [-0.25, -0.2) is 14.4 Å². The number of benzene rings is 2. The predicted molar refractivity (Wildman–Crippen MR) is 168 cm³/mol. The van der Waals surface area contributed by atoms with Crippen molar-refractivity contribution < 1.29 is 18.7 Å². The van der Waals surface area contributed by atoms with Gasteiger partial charge in [-0.3, -0.25) is 9.59 Å². The SMILES string of the molecule is Cc1cc(C)nc(SCC(=O)N(Cc2ccccc2F)C(C(=O)Nc2ccc(N3CCOCC3)cc2)C2CC=CCC2)n1. The van der Waals surface area contributed by atoms with Crippen LogP contribution in [-0.4, -0.2) is 64.8 Å². The summed E-state index contributed by atoms with van der Waals surface area (Å²) in [5.41, 5.74) is 3.71. The summed E-state index contributed by atoms with van der Waals surface area (Å²) in [6.45, 7) is 6.77. The van der Waals surface area contributed by atoms with Crippen molar-refractivity contribution in [2.24, 2.45) is 5.92 Å². The third-order valence-electron chi connectivity index (χ3n) is 7.78. The van der Waals surface area contributed by atoms with E-state index in [9.17, 15) is 14.0 Å². The Morgan fingerprint density at radius 1 is 1.07 bits per heavy atom. The molecule has 1 aliphatic heterocycles. The Labute approximate surface area is 256 Å². The summed E-state index contributed by atoms with van der Waals surface area (Å²) >= 11 is 1.23. The molecule has 3 aromatic rings. The van der Waals surface area contributed by atoms with E-state index in [1.54, 1.807) is 23.1 Å². The number of nitrogens with one attached hydrogen (secondary N) is 1. The minimum absolute atomic E-state index is 0.0198. The van der Waals surface area contributed by atoms with Crippen molar-refractivity contribution in [3.8, 4) is 0 Å². The quantitative estimate of drug-likeness (QED) is 0.185. The standard InChI is InChI=1S/C33H38FN5O3S/c1-23-20-24(2)36-33(35-23)43-22-30(40)39(21-26-10-6-7-11-29(26)34)31(25-8-4-3-5-9-25)32(41)37-27-12-14-28(15-13-27)38-16-18-42-19-17-38/h3-4,6-7,10-15,20,25,31H,5,8-9,16-19,21-22H2,1-2H3,(H,37,41). The largest absolute Gasteiger partial charge is 0.378 e. The van der Waals surface area contributed by atoms with E-state index in [0.29, 0.717) is 36.0 Å². The predicted octanol–water partition coefficient (Wildman–Crippen LogP) is 5.55. The molecule has 2 aromatic carbocycles. The van der Waals surface area contributed by atoms with E-state index in [2.05, 4.69) is 32.3 Å². The van der Waals surface area contributed by atoms with Gasteiger partial charge in [-0.05, 0) is 75.4 Å². The van der Waals surface area contributed by atoms with Crippen molar-refractivity contribution in [3.63, 3.8) is 0 Å². The number of rotatable bonds is 10. The molecule has 226 valence electrons. The second-order valence-electron chi connectivity index (χ2n) is 11.0. The molecular formula is C33H38FN5O3S. The number of hydrogen-bond acceptors (Lipinski definition) is 7. The number of allylic oxidation sites excluding steroid dienone is 2. The van der Waals surface area contributed by atoms with Gasteiger partial charge in [0.05, 0.1) is 19.0 Å². The van der Waals surface area contributed by atoms with Gasteiger partial charge in [-0.1, -0.05) is 42.1 Å². The fraction of sp³-hybridized carbons (Fsp3) is 0.394. The summed E-state index contributed by atoms with van der Waals surface area (Å²) in [5.74, 6) is -1.05. The lowest BCUT2D eigenvalue weighted by atomic mass is 9.86. The number of halogens is 1. The molecule has 2 atom stereocenters. The van der Waals surface area contributed by atoms with Gasteiger partial charge in [-0.2, -0.15) is 0 Å². The first-order valence-electron chi connectivity index (χ1n) is 14.7. The Kier molecular flexibility index (Phi) is 10.4. The average Bonchev–Trinajstić information content (AvgIpc) is 3.01. The van der Waals surface area contributed by atoms with Crippen molar-refractivity contribution in [2.75, 3.05) is 42.3 Å². The molecule has 0 saturated carbocycles. The molecule has 0 radical (unpaired) electrons. The van der Waals surface area contributed by atoms with Gasteiger partial charge in [0.2, 0.25) is 11.8 Å². The van der Waals surface area contributed by atoms with Gasteiger partial charge < -0.3 is 19.9 Å². The van der Waals surface area contributed by atoms with E-state index in [0.717, 1.165) is 43.0 Å². The first kappa shape index (κ1) is 30.7. The molecule has 2 unspecified atom stereocenters. The molecule has 0 spiro atoms. The summed E-state index contributed by atoms with van der Waals surface area (Å²) in [4.78, 5) is 40.8. The molecule has 1 saturated heterocycles. The summed E-state index contributed by atoms with van der Waals surface area (Å²) in [6.07, 6.45) is 6.39. The summed E-state index contributed by atoms with van der Waals surface area (Å²) < 4.78 is 20.4. The van der Waals surface area contributed by atoms with Crippen molar-refractivity contribution in [1.29, 1.82) is 0 Å². The van der Waals surface area contributed by atoms with E-state index < -0.39 is 11.9 Å². The number of hydrogen-bond donors (Lipinski definition) is 1. The number of aryl methyl sites for hydroxylation is 2. The minimum Gasteiger partial charge on any atom is -0.378 e. The zero-order valence-electron chi connectivity index (χ0n) is 24.7. The van der Waals surface area contributed by atoms with Crippen LogP contribution in [0.2, 0.25) is 0 Å². The number of anilines is 2. The molecule has 1 aliphatic carbocycles. The Morgan fingerprint density at radius 3 is 2.47 bits per heavy atom. The molecule has 1 N–H and O–H groups in total. The van der Waals surface area contributed by atoms with E-state index in [1.807, 2.05) is 44.2 Å². The zero-order chi connectivity index (χ0) is 30.2. The Morgan fingerprint density at radius 2 is 1.79 bits per heavy atom. The fourth-order valence-electron chi connectivity index (χ4n) is 5.63. The van der Waals surface area contributed by atoms with Gasteiger partial charge in [-0.15, -0.1) is 0 Å². The molecule has 8 nitrogen and oxygen atoms in total. The highest BCUT2D eigenvalue weighted by molar-refractivity contribution is 7.99. The molecule has 43 heavy (non-hydrogen) atoms. The number of amides is 2. The maximum Gasteiger partial charge on any atom is 0.247 e. The molecule has 1 fully saturated rings. The minimum atomic E-state index is -0.795. The fourth-order valence-corrected chi connectivity index (χ4v) is 6.46. The van der Waals surface area contributed by atoms with E-state index in [-0.39, 0.29) is 30.0 Å². The number of aromatic nitrogens is 2. The summed E-state index contributed by atoms with van der Waals surface area (Å²) in [7, 11) is 0. The number of morpholine rings is 1. The van der Waals surface area contributed by atoms with E-state index in [4.69, 9.17) is 4.74 Å². The highest BCUT2D eigenvalue weighted by Crippen LogP contribution is 2.30. The summed E-state index contributed by atoms with van der Waals surface area (Å²) in [6, 6.07) is 15.2. The molecule has 2 amide bonds. The Bertz CT molecular complexity index is 1420. The second kappa shape index (κ2) is 14.6. The molecular weight excluding hydrogens is 565 g/mol. The lowest BCUT2D eigenvalue weighted by Gasteiger charge is -2.37. The topological polar surface area (TPSA) is 87.7 Å². The van der Waals surface area contributed by atoms with Crippen LogP contribution < -0.4 is 10.2 Å². The van der Waals surface area contributed by atoms with Crippen LogP contribution in [0.15, 0.2) is 71.9 Å². The Balaban J connectivity index is 1.41. The van der Waals surface area contributed by atoms with Crippen LogP contribution in [0.4, 0.5) is 15.8 Å². The lowest BCUT2D eigenvalue weighted by molar-refractivity contribution is -0.139. The van der Waals surface area contributed by atoms with Crippen molar-refractivity contribution >= 4 is 35.0 Å². The second-order valence-corrected chi connectivity index (χ2v) is 11.9. The van der Waals surface area contributed by atoms with E-state index in [1.165, 1.54) is 17.8 Å². The first-order valence-corrected chi connectivity index (χ1v) is 15.7. The maximum absolute atomic E-state index is 14.9. The lowest BCUT2D eigenvalue weighted by Crippen LogP contribution is -2.52. The number of nitrogens with zero attached hydrogens (tertiary/aromatic N) is 4. The van der Waals surface area contributed by atoms with E-state index >= 15 is 0 Å². The maximum atomic E-state index is 14.9. The first-order chi connectivity index (χ1) is 20.9. The normalized spacial score (nSPS) is 17.4. The van der Waals surface area contributed by atoms with Gasteiger partial charge in [0.25, 0.3) is 0 Å². The molecule has 5 rings (SSSR count). The zero-order valence-corrected chi connectivity index (χ0v) is 25.5. The highest BCUT2D eigenvalue weighted by Gasteiger charge is 2.37. The monoisotopic (exact) mass is 603 g/mol. The molecule has 1 aromatic heterocycles. The number of carbonyl (C=O) groups excluding carboxylic acids is 2. The average molecular weight is 604 g/mol. The van der Waals surface area contributed by atoms with Crippen molar-refractivity contribution in [1.82, 2.24) is 14.9 Å². The highest BCUT2D eigenvalue weighted by atomic mass is 32.2. The van der Waals surface area contributed by atoms with Crippen LogP contribution in [0, 0.1) is 25.6 Å². The van der Waals surface area contributed by atoms with Gasteiger partial charge in [0, 0.05) is 48.0 Å². The van der Waals surface area contributed by atoms with Crippen LogP contribution >= 0.6 is 11.8 Å². The van der Waals surface area contributed by atoms with Crippen LogP contribution in [0.25, 0.3) is 0 Å². The smallest absolute Gasteiger partial charge is 0.247 e. The Hall–Kier alpha value is -3.76. The number of thioether (sulfide) groups is 1. The third-order valence-corrected chi connectivity index (χ3v) is 8.61. The van der Waals surface area contributed by atoms with Crippen LogP contribution in [-0.2, 0) is 20.9 Å². The van der Waals surface area contributed by atoms with Crippen LogP contribution in [0.5, 0.6) is 0 Å². The van der Waals surface area contributed by atoms with Crippen molar-refractivity contribution in [3.05, 3.63) is 89.5 Å². The molecule has 2 aliphatic rings. The van der Waals surface area contributed by atoms with Crippen molar-refractivity contribution in [2.45, 2.75) is 50.9 Å². The summed E-state index contributed by atoms with van der Waals surface area (Å²) in [5, 5.41) is 3.57. The van der Waals surface area contributed by atoms with Gasteiger partial charge in [0.1, 0.15) is 11.9 Å².